The van der Waals surface area contributed by atoms with E-state index in [1.807, 2.05) is 0 Å². The molecule has 0 fully saturated rings. The highest BCUT2D eigenvalue weighted by Crippen LogP contribution is 2.16. The lowest BCUT2D eigenvalue weighted by molar-refractivity contribution is -0.148. The van der Waals surface area contributed by atoms with E-state index in [1.165, 1.54) is 0 Å². The summed E-state index contributed by atoms with van der Waals surface area (Å²) in [5.74, 6) is -1.38. The highest BCUT2D eigenvalue weighted by Gasteiger charge is 2.26. The number of nitrogens with one attached hydrogen (secondary N) is 1. The molecule has 2 atom stereocenters. The summed E-state index contributed by atoms with van der Waals surface area (Å²) in [4.78, 5) is 20.9. The Morgan fingerprint density at radius 2 is 1.93 bits per heavy atom. The zero-order valence-corrected chi connectivity index (χ0v) is 7.83. The van der Waals surface area contributed by atoms with Gasteiger partial charge in [0.25, 0.3) is 0 Å². The number of hydrogen-bond acceptors (Lipinski definition) is 3. The van der Waals surface area contributed by atoms with Crippen LogP contribution < -0.4 is 5.32 Å². The van der Waals surface area contributed by atoms with Gasteiger partial charge in [-0.3, -0.25) is 4.79 Å². The second kappa shape index (κ2) is 5.11. The quantitative estimate of drug-likeness (QED) is 0.592. The molecule has 0 spiro atoms. The summed E-state index contributed by atoms with van der Waals surface area (Å²) in [5.41, 5.74) is 0.541. The van der Waals surface area contributed by atoms with Gasteiger partial charge in [-0.25, -0.2) is 4.79 Å². The molecular weight excluding hydrogens is 198 g/mol. The van der Waals surface area contributed by atoms with E-state index in [-0.39, 0.29) is 0 Å². The first-order chi connectivity index (χ1) is 7.16. The summed E-state index contributed by atoms with van der Waals surface area (Å²) < 4.78 is 0. The lowest BCUT2D eigenvalue weighted by atomic mass is 10.0. The van der Waals surface area contributed by atoms with E-state index in [2.05, 4.69) is 5.32 Å². The first-order valence-corrected chi connectivity index (χ1v) is 4.32. The predicted molar refractivity (Wildman–Crippen MR) is 52.0 cm³/mol. The van der Waals surface area contributed by atoms with E-state index in [4.69, 9.17) is 5.11 Å². The van der Waals surface area contributed by atoms with Gasteiger partial charge in [-0.15, -0.1) is 0 Å². The number of carboxylic acid groups (broad SMARTS) is 1. The lowest BCUT2D eigenvalue weighted by Gasteiger charge is -2.19. The smallest absolute Gasteiger partial charge is 0.335 e. The van der Waals surface area contributed by atoms with Crippen molar-refractivity contribution in [3.8, 4) is 0 Å². The maximum Gasteiger partial charge on any atom is 0.335 e. The number of benzene rings is 1. The van der Waals surface area contributed by atoms with Gasteiger partial charge in [0.2, 0.25) is 6.41 Å². The van der Waals surface area contributed by atoms with Crippen LogP contribution in [0.3, 0.4) is 0 Å². The van der Waals surface area contributed by atoms with Crippen LogP contribution in [0.1, 0.15) is 11.6 Å². The largest absolute Gasteiger partial charge is 0.479 e. The zero-order chi connectivity index (χ0) is 11.3. The number of aliphatic carboxylic acids is 1. The normalized spacial score (nSPS) is 13.9. The van der Waals surface area contributed by atoms with Gasteiger partial charge in [-0.05, 0) is 5.56 Å². The van der Waals surface area contributed by atoms with Crippen molar-refractivity contribution in [2.45, 2.75) is 12.1 Å². The Labute approximate surface area is 86.4 Å². The highest BCUT2D eigenvalue weighted by molar-refractivity contribution is 5.74. The Morgan fingerprint density at radius 1 is 1.33 bits per heavy atom. The van der Waals surface area contributed by atoms with Gasteiger partial charge >= 0.3 is 5.97 Å². The van der Waals surface area contributed by atoms with E-state index >= 15 is 0 Å². The van der Waals surface area contributed by atoms with Gasteiger partial charge < -0.3 is 15.5 Å². The van der Waals surface area contributed by atoms with Gasteiger partial charge in [0, 0.05) is 0 Å². The molecule has 0 aliphatic carbocycles. The van der Waals surface area contributed by atoms with Crippen molar-refractivity contribution in [1.82, 2.24) is 5.32 Å². The fraction of sp³-hybridized carbons (Fsp3) is 0.200. The maximum atomic E-state index is 10.6. The fourth-order valence-corrected chi connectivity index (χ4v) is 1.25. The zero-order valence-electron chi connectivity index (χ0n) is 7.83. The molecule has 0 radical (unpaired) electrons. The molecule has 1 amide bonds. The van der Waals surface area contributed by atoms with Crippen LogP contribution in [-0.2, 0) is 9.59 Å². The topological polar surface area (TPSA) is 86.6 Å². The molecule has 15 heavy (non-hydrogen) atoms. The molecule has 3 N–H and O–H groups in total. The molecular formula is C10H11NO4. The molecule has 0 heterocycles. The molecule has 5 heteroatoms. The van der Waals surface area contributed by atoms with Crippen molar-refractivity contribution in [3.63, 3.8) is 0 Å². The second-order valence-electron chi connectivity index (χ2n) is 2.96. The van der Waals surface area contributed by atoms with Crippen LogP contribution in [-0.4, -0.2) is 28.7 Å². The van der Waals surface area contributed by atoms with Crippen molar-refractivity contribution in [2.75, 3.05) is 0 Å². The molecule has 0 aliphatic heterocycles. The van der Waals surface area contributed by atoms with Crippen LogP contribution in [0.4, 0.5) is 0 Å². The Kier molecular flexibility index (Phi) is 3.82. The van der Waals surface area contributed by atoms with Crippen molar-refractivity contribution in [3.05, 3.63) is 35.9 Å². The fourth-order valence-electron chi connectivity index (χ4n) is 1.25. The summed E-state index contributed by atoms with van der Waals surface area (Å²) in [6.45, 7) is 0. The molecule has 80 valence electrons. The SMILES string of the molecule is O=CNC(c1ccccc1)C(O)C(=O)O. The van der Waals surface area contributed by atoms with E-state index < -0.39 is 18.1 Å². The summed E-state index contributed by atoms with van der Waals surface area (Å²) in [6.07, 6.45) is -1.29. The summed E-state index contributed by atoms with van der Waals surface area (Å²) in [6, 6.07) is 7.49. The highest BCUT2D eigenvalue weighted by atomic mass is 16.4. The number of carbonyl (C=O) groups is 2. The Bertz CT molecular complexity index is 339. The van der Waals surface area contributed by atoms with Crippen LogP contribution in [0.5, 0.6) is 0 Å². The first kappa shape index (κ1) is 11.2. The van der Waals surface area contributed by atoms with Crippen LogP contribution >= 0.6 is 0 Å². The number of aliphatic hydroxyl groups excluding tert-OH is 1. The van der Waals surface area contributed by atoms with E-state index in [1.54, 1.807) is 30.3 Å². The summed E-state index contributed by atoms with van der Waals surface area (Å²) >= 11 is 0. The number of hydrogen-bond donors (Lipinski definition) is 3. The van der Waals surface area contributed by atoms with Gasteiger partial charge in [0.05, 0.1) is 6.04 Å². The number of amides is 1. The average molecular weight is 209 g/mol. The van der Waals surface area contributed by atoms with Crippen LogP contribution in [0.2, 0.25) is 0 Å². The molecule has 2 unspecified atom stereocenters. The van der Waals surface area contributed by atoms with Gasteiger partial charge in [0.1, 0.15) is 0 Å². The third-order valence-corrected chi connectivity index (χ3v) is 1.98. The van der Waals surface area contributed by atoms with Crippen molar-refractivity contribution >= 4 is 12.4 Å². The third-order valence-electron chi connectivity index (χ3n) is 1.98. The number of rotatable bonds is 5. The van der Waals surface area contributed by atoms with Crippen molar-refractivity contribution < 1.29 is 19.8 Å². The predicted octanol–water partition coefficient (Wildman–Crippen LogP) is -0.0808. The average Bonchev–Trinajstić information content (AvgIpc) is 2.26. The number of aliphatic hydroxyl groups is 1. The molecule has 0 saturated carbocycles. The molecule has 5 nitrogen and oxygen atoms in total. The van der Waals surface area contributed by atoms with E-state index in [9.17, 15) is 14.7 Å². The lowest BCUT2D eigenvalue weighted by Crippen LogP contribution is -2.36. The Balaban J connectivity index is 2.92. The minimum atomic E-state index is -1.66. The third kappa shape index (κ3) is 2.78. The first-order valence-electron chi connectivity index (χ1n) is 4.32. The summed E-state index contributed by atoms with van der Waals surface area (Å²) in [7, 11) is 0. The van der Waals surface area contributed by atoms with Crippen LogP contribution in [0, 0.1) is 0 Å². The molecule has 1 aromatic rings. The molecule has 0 bridgehead atoms. The van der Waals surface area contributed by atoms with Gasteiger partial charge in [-0.2, -0.15) is 0 Å². The minimum Gasteiger partial charge on any atom is -0.479 e. The molecule has 0 aliphatic rings. The summed E-state index contributed by atoms with van der Waals surface area (Å²) in [5, 5.41) is 20.3. The van der Waals surface area contributed by atoms with Crippen LogP contribution in [0.15, 0.2) is 30.3 Å². The maximum absolute atomic E-state index is 10.6. The van der Waals surface area contributed by atoms with Crippen LogP contribution in [0.25, 0.3) is 0 Å². The molecule has 0 aromatic heterocycles. The minimum absolute atomic E-state index is 0.365. The molecule has 1 aromatic carbocycles. The monoisotopic (exact) mass is 209 g/mol. The number of carboxylic acids is 1. The molecule has 1 rings (SSSR count). The standard InChI is InChI=1S/C10H11NO4/c12-6-11-8(9(13)10(14)15)7-4-2-1-3-5-7/h1-6,8-9,13H,(H,11,12)(H,14,15). The van der Waals surface area contributed by atoms with E-state index in [0.717, 1.165) is 0 Å². The van der Waals surface area contributed by atoms with E-state index in [0.29, 0.717) is 12.0 Å². The van der Waals surface area contributed by atoms with Gasteiger partial charge in [0.15, 0.2) is 6.10 Å². The Morgan fingerprint density at radius 3 is 2.40 bits per heavy atom. The second-order valence-corrected chi connectivity index (χ2v) is 2.96. The van der Waals surface area contributed by atoms with Crippen molar-refractivity contribution in [1.29, 1.82) is 0 Å². The Hall–Kier alpha value is -1.88. The van der Waals surface area contributed by atoms with Crippen molar-refractivity contribution in [2.24, 2.45) is 0 Å². The number of carbonyl (C=O) groups excluding carboxylic acids is 1. The van der Waals surface area contributed by atoms with Gasteiger partial charge in [-0.1, -0.05) is 30.3 Å². The molecule has 0 saturated heterocycles.